The van der Waals surface area contributed by atoms with Crippen LogP contribution in [-0.2, 0) is 4.79 Å². The largest absolute Gasteiger partial charge is 0.454 e. The highest BCUT2D eigenvalue weighted by molar-refractivity contribution is 7.99. The van der Waals surface area contributed by atoms with Gasteiger partial charge in [0.1, 0.15) is 0 Å². The number of hydrogen-bond donors (Lipinski definition) is 1. The van der Waals surface area contributed by atoms with Gasteiger partial charge in [0.05, 0.1) is 5.75 Å². The average molecular weight is 389 g/mol. The molecule has 0 radical (unpaired) electrons. The van der Waals surface area contributed by atoms with Crippen LogP contribution in [0, 0.1) is 11.8 Å². The van der Waals surface area contributed by atoms with Gasteiger partial charge < -0.3 is 19.2 Å². The van der Waals surface area contributed by atoms with E-state index in [-0.39, 0.29) is 24.5 Å². The first-order chi connectivity index (χ1) is 13.1. The summed E-state index contributed by atoms with van der Waals surface area (Å²) in [6, 6.07) is 5.72. The van der Waals surface area contributed by atoms with Crippen molar-refractivity contribution >= 4 is 17.7 Å². The first kappa shape index (κ1) is 18.2. The van der Waals surface area contributed by atoms with Crippen molar-refractivity contribution in [2.24, 2.45) is 11.8 Å². The highest BCUT2D eigenvalue weighted by Gasteiger charge is 2.28. The van der Waals surface area contributed by atoms with Crippen LogP contribution in [-0.4, -0.2) is 34.7 Å². The van der Waals surface area contributed by atoms with Gasteiger partial charge in [-0.1, -0.05) is 38.5 Å². The maximum atomic E-state index is 12.3. The van der Waals surface area contributed by atoms with E-state index in [0.717, 1.165) is 12.0 Å². The number of fused-ring (bicyclic) bond motifs is 1. The molecule has 8 heteroatoms. The molecule has 144 valence electrons. The standard InChI is InChI=1S/C19H23N3O4S/c1-11-4-3-5-14(12(11)2)20-17(23)9-27-19-22-21-18(26-19)13-6-7-15-16(8-13)25-10-24-15/h6-8,11-12,14H,3-5,9-10H2,1-2H3,(H,20,23)/t11-,12-,14-/m1/s1. The highest BCUT2D eigenvalue weighted by Crippen LogP contribution is 2.36. The van der Waals surface area contributed by atoms with Crippen LogP contribution in [0.4, 0.5) is 0 Å². The van der Waals surface area contributed by atoms with Gasteiger partial charge in [0.25, 0.3) is 5.22 Å². The molecule has 2 heterocycles. The Hall–Kier alpha value is -2.22. The monoisotopic (exact) mass is 389 g/mol. The molecule has 2 aliphatic rings. The summed E-state index contributed by atoms with van der Waals surface area (Å²) in [5, 5.41) is 11.6. The second-order valence-corrected chi connectivity index (χ2v) is 8.10. The van der Waals surface area contributed by atoms with Crippen LogP contribution in [0.3, 0.4) is 0 Å². The van der Waals surface area contributed by atoms with Crippen molar-refractivity contribution in [1.29, 1.82) is 0 Å². The molecule has 1 aliphatic heterocycles. The number of rotatable bonds is 5. The molecule has 1 saturated carbocycles. The van der Waals surface area contributed by atoms with E-state index in [9.17, 15) is 4.79 Å². The molecular weight excluding hydrogens is 366 g/mol. The second kappa shape index (κ2) is 7.80. The number of hydrogen-bond acceptors (Lipinski definition) is 7. The van der Waals surface area contributed by atoms with E-state index in [1.807, 2.05) is 18.2 Å². The summed E-state index contributed by atoms with van der Waals surface area (Å²) in [5.41, 5.74) is 0.757. The molecule has 1 aromatic heterocycles. The van der Waals surface area contributed by atoms with Crippen molar-refractivity contribution in [2.75, 3.05) is 12.5 Å². The lowest BCUT2D eigenvalue weighted by Gasteiger charge is -2.34. The number of ether oxygens (including phenoxy) is 2. The van der Waals surface area contributed by atoms with Gasteiger partial charge in [0.15, 0.2) is 11.5 Å². The zero-order chi connectivity index (χ0) is 18.8. The number of amides is 1. The summed E-state index contributed by atoms with van der Waals surface area (Å²) >= 11 is 1.25. The predicted octanol–water partition coefficient (Wildman–Crippen LogP) is 3.50. The van der Waals surface area contributed by atoms with Crippen LogP contribution in [0.5, 0.6) is 11.5 Å². The molecule has 1 aromatic carbocycles. The first-order valence-corrected chi connectivity index (χ1v) is 10.2. The Morgan fingerprint density at radius 1 is 1.22 bits per heavy atom. The van der Waals surface area contributed by atoms with Gasteiger partial charge in [-0.15, -0.1) is 10.2 Å². The van der Waals surface area contributed by atoms with Gasteiger partial charge in [-0.2, -0.15) is 0 Å². The Morgan fingerprint density at radius 3 is 2.96 bits per heavy atom. The van der Waals surface area contributed by atoms with Crippen molar-refractivity contribution in [3.63, 3.8) is 0 Å². The molecule has 2 aromatic rings. The highest BCUT2D eigenvalue weighted by atomic mass is 32.2. The van der Waals surface area contributed by atoms with Gasteiger partial charge in [-0.3, -0.25) is 4.79 Å². The van der Waals surface area contributed by atoms with Crippen LogP contribution in [0.15, 0.2) is 27.8 Å². The molecule has 1 amide bonds. The Bertz CT molecular complexity index is 825. The minimum Gasteiger partial charge on any atom is -0.454 e. The SMILES string of the molecule is C[C@@H]1[C@H](C)CCC[C@H]1NC(=O)CSc1nnc(-c2ccc3c(c2)OCO3)o1. The number of thioether (sulfide) groups is 1. The summed E-state index contributed by atoms with van der Waals surface area (Å²) in [4.78, 5) is 12.3. The number of nitrogens with one attached hydrogen (secondary N) is 1. The lowest BCUT2D eigenvalue weighted by molar-refractivity contribution is -0.120. The van der Waals surface area contributed by atoms with E-state index < -0.39 is 0 Å². The average Bonchev–Trinajstić information content (AvgIpc) is 3.32. The fourth-order valence-electron chi connectivity index (χ4n) is 3.58. The zero-order valence-electron chi connectivity index (χ0n) is 15.4. The van der Waals surface area contributed by atoms with Crippen molar-refractivity contribution < 1.29 is 18.7 Å². The van der Waals surface area contributed by atoms with Gasteiger partial charge >= 0.3 is 0 Å². The molecule has 1 fully saturated rings. The lowest BCUT2D eigenvalue weighted by Crippen LogP contribution is -2.44. The van der Waals surface area contributed by atoms with Crippen molar-refractivity contribution in [3.8, 4) is 23.0 Å². The minimum atomic E-state index is 0.00813. The van der Waals surface area contributed by atoms with Gasteiger partial charge in [0, 0.05) is 11.6 Å². The number of carbonyl (C=O) groups excluding carboxylic acids is 1. The molecule has 0 spiro atoms. The van der Waals surface area contributed by atoms with Gasteiger partial charge in [-0.05, 0) is 36.5 Å². The van der Waals surface area contributed by atoms with Crippen LogP contribution in [0.25, 0.3) is 11.5 Å². The van der Waals surface area contributed by atoms with E-state index in [0.29, 0.717) is 34.4 Å². The Kier molecular flexibility index (Phi) is 5.24. The Morgan fingerprint density at radius 2 is 2.07 bits per heavy atom. The zero-order valence-corrected chi connectivity index (χ0v) is 16.3. The van der Waals surface area contributed by atoms with E-state index >= 15 is 0 Å². The van der Waals surface area contributed by atoms with E-state index in [2.05, 4.69) is 29.4 Å². The van der Waals surface area contributed by atoms with Crippen LogP contribution in [0.2, 0.25) is 0 Å². The molecule has 0 unspecified atom stereocenters. The van der Waals surface area contributed by atoms with Crippen LogP contribution >= 0.6 is 11.8 Å². The fourth-order valence-corrected chi connectivity index (χ4v) is 4.15. The van der Waals surface area contributed by atoms with Crippen molar-refractivity contribution in [1.82, 2.24) is 15.5 Å². The molecule has 7 nitrogen and oxygen atoms in total. The number of nitrogens with zero attached hydrogens (tertiary/aromatic N) is 2. The van der Waals surface area contributed by atoms with Crippen LogP contribution < -0.4 is 14.8 Å². The summed E-state index contributed by atoms with van der Waals surface area (Å²) < 4.78 is 16.3. The molecular formula is C19H23N3O4S. The molecule has 0 bridgehead atoms. The predicted molar refractivity (Wildman–Crippen MR) is 101 cm³/mol. The lowest BCUT2D eigenvalue weighted by atomic mass is 9.78. The van der Waals surface area contributed by atoms with Crippen molar-refractivity contribution in [3.05, 3.63) is 18.2 Å². The first-order valence-electron chi connectivity index (χ1n) is 9.26. The van der Waals surface area contributed by atoms with E-state index in [1.54, 1.807) is 0 Å². The molecule has 3 atom stereocenters. The topological polar surface area (TPSA) is 86.5 Å². The Labute approximate surface area is 162 Å². The number of carbonyl (C=O) groups is 1. The second-order valence-electron chi connectivity index (χ2n) is 7.17. The summed E-state index contributed by atoms with van der Waals surface area (Å²) in [5.74, 6) is 3.19. The summed E-state index contributed by atoms with van der Waals surface area (Å²) in [6.07, 6.45) is 3.47. The third-order valence-electron chi connectivity index (χ3n) is 5.41. The maximum Gasteiger partial charge on any atom is 0.277 e. The normalized spacial score (nSPS) is 24.0. The third-order valence-corrected chi connectivity index (χ3v) is 6.22. The van der Waals surface area contributed by atoms with Gasteiger partial charge in [-0.25, -0.2) is 0 Å². The molecule has 1 aliphatic carbocycles. The van der Waals surface area contributed by atoms with Crippen LogP contribution in [0.1, 0.15) is 33.1 Å². The third kappa shape index (κ3) is 4.05. The molecule has 27 heavy (non-hydrogen) atoms. The quantitative estimate of drug-likeness (QED) is 0.783. The summed E-state index contributed by atoms with van der Waals surface area (Å²) in [7, 11) is 0. The number of benzene rings is 1. The van der Waals surface area contributed by atoms with Crippen molar-refractivity contribution in [2.45, 2.75) is 44.4 Å². The van der Waals surface area contributed by atoms with Gasteiger partial charge in [0.2, 0.25) is 18.6 Å². The van der Waals surface area contributed by atoms with E-state index in [4.69, 9.17) is 13.9 Å². The molecule has 1 N–H and O–H groups in total. The number of aromatic nitrogens is 2. The van der Waals surface area contributed by atoms with E-state index in [1.165, 1.54) is 24.6 Å². The Balaban J connectivity index is 1.32. The maximum absolute atomic E-state index is 12.3. The molecule has 0 saturated heterocycles. The smallest absolute Gasteiger partial charge is 0.277 e. The summed E-state index contributed by atoms with van der Waals surface area (Å²) in [6.45, 7) is 4.70. The minimum absolute atomic E-state index is 0.00813. The molecule has 4 rings (SSSR count). The fraction of sp³-hybridized carbons (Fsp3) is 0.526.